The van der Waals surface area contributed by atoms with Crippen molar-refractivity contribution in [2.45, 2.75) is 44.6 Å². The van der Waals surface area contributed by atoms with Crippen LogP contribution in [0.3, 0.4) is 0 Å². The molecule has 11 fully saturated rings. The van der Waals surface area contributed by atoms with Crippen molar-refractivity contribution in [3.63, 3.8) is 0 Å². The zero-order valence-corrected chi connectivity index (χ0v) is 33.6. The Balaban J connectivity index is 0.922. The Morgan fingerprint density at radius 3 is 2.40 bits per heavy atom. The Bertz CT molecular complexity index is 2610. The molecule has 1 saturated heterocycles. The molecule has 0 amide bonds. The van der Waals surface area contributed by atoms with Crippen LogP contribution in [0.1, 0.15) is 50.1 Å². The van der Waals surface area contributed by atoms with Gasteiger partial charge in [-0.1, -0.05) is 82.0 Å². The molecule has 3 nitrogen and oxygen atoms in total. The van der Waals surface area contributed by atoms with Crippen LogP contribution in [0.5, 0.6) is 0 Å². The third-order valence-electron chi connectivity index (χ3n) is 24.0. The van der Waals surface area contributed by atoms with E-state index in [2.05, 4.69) is 87.4 Å². The lowest BCUT2D eigenvalue weighted by Gasteiger charge is -2.60. The summed E-state index contributed by atoms with van der Waals surface area (Å²) in [6.07, 6.45) is 14.9. The molecule has 1 heterocycles. The molecule has 2 aromatic rings. The average Bonchev–Trinajstić information content (AvgIpc) is 4.10. The molecule has 1 N–H and O–H groups in total. The van der Waals surface area contributed by atoms with E-state index in [1.165, 1.54) is 49.4 Å². The lowest BCUT2D eigenvalue weighted by Crippen LogP contribution is -2.56. The third-order valence-corrected chi connectivity index (χ3v) is 24.0. The summed E-state index contributed by atoms with van der Waals surface area (Å²) < 4.78 is 6.19. The molecule has 3 heteroatoms. The molecule has 58 heavy (non-hydrogen) atoms. The Hall–Kier alpha value is -2.72. The molecule has 0 bridgehead atoms. The molecular formula is C55H55NO2. The van der Waals surface area contributed by atoms with Gasteiger partial charge in [-0.15, -0.1) is 0 Å². The molecule has 292 valence electrons. The van der Waals surface area contributed by atoms with E-state index in [0.717, 1.165) is 137 Å². The lowest BCUT2D eigenvalue weighted by molar-refractivity contribution is -0.108. The van der Waals surface area contributed by atoms with Gasteiger partial charge >= 0.3 is 0 Å². The number of aliphatic hydroxyl groups is 1. The molecule has 2 aromatic carbocycles. The lowest BCUT2D eigenvalue weighted by atomic mass is 9.44. The zero-order chi connectivity index (χ0) is 36.6. The van der Waals surface area contributed by atoms with Crippen LogP contribution in [0.4, 0.5) is 0 Å². The molecule has 17 aliphatic rings. The number of benzene rings is 2. The monoisotopic (exact) mass is 761 g/mol. The first-order valence-corrected chi connectivity index (χ1v) is 24.7. The van der Waals surface area contributed by atoms with E-state index in [0.29, 0.717) is 18.6 Å². The maximum Gasteiger partial charge on any atom is 0.0698 e. The van der Waals surface area contributed by atoms with Crippen LogP contribution in [0.25, 0.3) is 10.8 Å². The van der Waals surface area contributed by atoms with Crippen LogP contribution in [-0.4, -0.2) is 42.9 Å². The Morgan fingerprint density at radius 2 is 1.48 bits per heavy atom. The number of rotatable bonds is 6. The predicted molar refractivity (Wildman–Crippen MR) is 220 cm³/mol. The van der Waals surface area contributed by atoms with Gasteiger partial charge < -0.3 is 9.84 Å². The Morgan fingerprint density at radius 1 is 0.690 bits per heavy atom. The number of fused-ring (bicyclic) bond motifs is 2. The zero-order valence-electron chi connectivity index (χ0n) is 33.6. The number of allylic oxidation sites excluding steroid dienone is 8. The van der Waals surface area contributed by atoms with E-state index in [9.17, 15) is 5.11 Å². The van der Waals surface area contributed by atoms with Crippen LogP contribution in [0.15, 0.2) is 99.2 Å². The third kappa shape index (κ3) is 2.75. The minimum absolute atomic E-state index is 0.116. The summed E-state index contributed by atoms with van der Waals surface area (Å²) in [6.45, 7) is 3.46. The number of nitrogens with zero attached hydrogens (tertiary/aromatic N) is 1. The summed E-state index contributed by atoms with van der Waals surface area (Å²) in [5.41, 5.74) is 18.3. The highest BCUT2D eigenvalue weighted by molar-refractivity contribution is 5.83. The van der Waals surface area contributed by atoms with Crippen LogP contribution in [0.2, 0.25) is 0 Å². The molecule has 0 aromatic heterocycles. The van der Waals surface area contributed by atoms with Crippen LogP contribution >= 0.6 is 0 Å². The predicted octanol–water partition coefficient (Wildman–Crippen LogP) is 9.05. The summed E-state index contributed by atoms with van der Waals surface area (Å²) in [5.74, 6) is 20.6. The standard InChI is InChI=1S/C55H55NO2/c57-8-10-58-9-7-56-20-32-31-18-29-16-26-14-27-13-24-12-25-15-28-17-30-19-55(32,54(56)23-6-5-21-3-1-2-4-22(21)11-23)53-39(30)44-38(28)43-34(25)33(24)41-37(27)42-35(26)36(29)45-40(31)52(53)51-49(44)47(43)46(41)48(42)50(45)51/h1-6,11,13,17,24-26,30,32-35,37-39,41-51,54,57H,7-10,12,14-16,18-20H2. The normalized spacial score (nSPS) is 58.5. The van der Waals surface area contributed by atoms with Crippen molar-refractivity contribution in [2.75, 3.05) is 32.9 Å². The van der Waals surface area contributed by atoms with Crippen molar-refractivity contribution in [1.29, 1.82) is 0 Å². The van der Waals surface area contributed by atoms with Crippen LogP contribution < -0.4 is 0 Å². The fraction of sp³-hybridized carbons (Fsp3) is 0.636. The summed E-state index contributed by atoms with van der Waals surface area (Å²) >= 11 is 0. The second kappa shape index (κ2) is 9.22. The van der Waals surface area contributed by atoms with E-state index in [1.54, 1.807) is 12.0 Å². The first-order chi connectivity index (χ1) is 28.7. The van der Waals surface area contributed by atoms with Crippen LogP contribution in [0, 0.1) is 136 Å². The largest absolute Gasteiger partial charge is 0.394 e. The SMILES string of the molecule is OCCOCCN1CC2C3=C4C5=C6C7C(C=C8CC9CC%10C=C%11CC%12CC(=C%13C4C4C5C5C7C8C7C9C%10C8C%11C(C%13%12)C4C8C57)C3)CC62C1c1ccc2ccccc2c1. The van der Waals surface area contributed by atoms with Gasteiger partial charge in [0.15, 0.2) is 0 Å². The van der Waals surface area contributed by atoms with E-state index >= 15 is 0 Å². The summed E-state index contributed by atoms with van der Waals surface area (Å²) in [4.78, 5) is 2.98. The van der Waals surface area contributed by atoms with E-state index < -0.39 is 0 Å². The highest BCUT2D eigenvalue weighted by Crippen LogP contribution is 2.91. The molecule has 16 aliphatic carbocycles. The fourth-order valence-electron chi connectivity index (χ4n) is 24.6. The van der Waals surface area contributed by atoms with Gasteiger partial charge in [-0.2, -0.15) is 0 Å². The fourth-order valence-corrected chi connectivity index (χ4v) is 24.6. The molecule has 0 radical (unpaired) electrons. The van der Waals surface area contributed by atoms with Crippen molar-refractivity contribution < 1.29 is 9.84 Å². The Kier molecular flexibility index (Phi) is 4.82. The van der Waals surface area contributed by atoms with Crippen molar-refractivity contribution in [2.24, 2.45) is 136 Å². The Labute approximate surface area is 342 Å². The first-order valence-electron chi connectivity index (χ1n) is 24.7. The minimum Gasteiger partial charge on any atom is -0.394 e. The van der Waals surface area contributed by atoms with Gasteiger partial charge in [0.2, 0.25) is 0 Å². The van der Waals surface area contributed by atoms with Gasteiger partial charge in [-0.05, 0) is 190 Å². The van der Waals surface area contributed by atoms with Crippen LogP contribution in [-0.2, 0) is 4.74 Å². The minimum atomic E-state index is 0.116. The molecule has 24 unspecified atom stereocenters. The quantitative estimate of drug-likeness (QED) is 0.236. The highest BCUT2D eigenvalue weighted by Gasteiger charge is 2.86. The number of ether oxygens (including phenoxy) is 1. The molecule has 19 rings (SSSR count). The number of aliphatic hydroxyl groups excluding tert-OH is 1. The van der Waals surface area contributed by atoms with Gasteiger partial charge in [-0.3, -0.25) is 4.90 Å². The topological polar surface area (TPSA) is 32.7 Å². The smallest absolute Gasteiger partial charge is 0.0698 e. The van der Waals surface area contributed by atoms with Crippen molar-refractivity contribution in [3.8, 4) is 0 Å². The van der Waals surface area contributed by atoms with E-state index in [1.807, 2.05) is 16.7 Å². The second-order valence-corrected chi connectivity index (χ2v) is 24.3. The number of likely N-dealkylation sites (tertiary alicyclic amines) is 1. The average molecular weight is 762 g/mol. The van der Waals surface area contributed by atoms with Gasteiger partial charge in [-0.25, -0.2) is 0 Å². The van der Waals surface area contributed by atoms with E-state index in [-0.39, 0.29) is 12.0 Å². The molecule has 24 atom stereocenters. The van der Waals surface area contributed by atoms with Gasteiger partial charge in [0.1, 0.15) is 0 Å². The van der Waals surface area contributed by atoms with Crippen molar-refractivity contribution in [3.05, 3.63) is 105 Å². The van der Waals surface area contributed by atoms with Gasteiger partial charge in [0.05, 0.1) is 19.8 Å². The summed E-state index contributed by atoms with van der Waals surface area (Å²) in [7, 11) is 0. The summed E-state index contributed by atoms with van der Waals surface area (Å²) in [5, 5.41) is 12.5. The summed E-state index contributed by atoms with van der Waals surface area (Å²) in [6, 6.07) is 17.3. The van der Waals surface area contributed by atoms with Gasteiger partial charge in [0.25, 0.3) is 0 Å². The van der Waals surface area contributed by atoms with Crippen molar-refractivity contribution in [1.82, 2.24) is 4.90 Å². The molecule has 1 spiro atoms. The maximum atomic E-state index is 9.75. The van der Waals surface area contributed by atoms with Gasteiger partial charge in [0, 0.05) is 36.4 Å². The molecule has 10 saturated carbocycles. The molecular weight excluding hydrogens is 707 g/mol. The second-order valence-electron chi connectivity index (χ2n) is 24.3. The maximum absolute atomic E-state index is 9.75. The van der Waals surface area contributed by atoms with E-state index in [4.69, 9.17) is 4.74 Å². The molecule has 1 aliphatic heterocycles. The highest BCUT2D eigenvalue weighted by atomic mass is 16.5. The number of hydrogen-bond acceptors (Lipinski definition) is 3. The number of hydrogen-bond donors (Lipinski definition) is 1. The first kappa shape index (κ1) is 30.3. The van der Waals surface area contributed by atoms with Crippen molar-refractivity contribution >= 4 is 10.8 Å².